The van der Waals surface area contributed by atoms with Crippen LogP contribution >= 0.6 is 0 Å². The van der Waals surface area contributed by atoms with Crippen molar-refractivity contribution in [2.75, 3.05) is 14.2 Å². The van der Waals surface area contributed by atoms with Crippen LogP contribution in [0.1, 0.15) is 12.1 Å². The molecule has 0 radical (unpaired) electrons. The number of methoxy groups -OCH3 is 2. The summed E-state index contributed by atoms with van der Waals surface area (Å²) >= 11 is 0. The van der Waals surface area contributed by atoms with E-state index in [1.54, 1.807) is 14.2 Å². The van der Waals surface area contributed by atoms with Gasteiger partial charge in [0, 0.05) is 42.1 Å². The van der Waals surface area contributed by atoms with E-state index in [0.29, 0.717) is 18.0 Å². The molecule has 20 heavy (non-hydrogen) atoms. The Hall–Kier alpha value is -1.17. The van der Waals surface area contributed by atoms with E-state index in [1.165, 1.54) is 0 Å². The molecule has 0 fully saturated rings. The van der Waals surface area contributed by atoms with Gasteiger partial charge in [-0.2, -0.15) is 0 Å². The van der Waals surface area contributed by atoms with Crippen LogP contribution in [0.25, 0.3) is 10.9 Å². The molecule has 0 atom stereocenters. The Morgan fingerprint density at radius 3 is 2.50 bits per heavy atom. The molecule has 0 unspecified atom stereocenters. The smallest absolute Gasteiger partial charge is 0.550 e. The van der Waals surface area contributed by atoms with Crippen LogP contribution in [-0.4, -0.2) is 24.8 Å². The Morgan fingerprint density at radius 2 is 1.95 bits per heavy atom. The first-order chi connectivity index (χ1) is 9.06. The second-order valence-corrected chi connectivity index (χ2v) is 4.32. The summed E-state index contributed by atoms with van der Waals surface area (Å²) in [7, 11) is 3.18. The molecule has 0 amide bonds. The van der Waals surface area contributed by atoms with Crippen molar-refractivity contribution >= 4 is 16.9 Å². The summed E-state index contributed by atoms with van der Waals surface area (Å²) in [6, 6.07) is 5.66. The molecule has 1 aromatic carbocycles. The topological polar surface area (TPSA) is 63.5 Å². The van der Waals surface area contributed by atoms with Crippen LogP contribution in [0.3, 0.4) is 0 Å². The van der Waals surface area contributed by atoms with Gasteiger partial charge < -0.3 is 23.9 Å². The van der Waals surface area contributed by atoms with Crippen molar-refractivity contribution in [1.82, 2.24) is 4.57 Å². The first-order valence-electron chi connectivity index (χ1n) is 5.98. The number of carboxylic acid groups (broad SMARTS) is 1. The fourth-order valence-corrected chi connectivity index (χ4v) is 2.22. The number of hydrogen-bond acceptors (Lipinski definition) is 4. The number of hydrogen-bond donors (Lipinski definition) is 0. The van der Waals surface area contributed by atoms with Gasteiger partial charge in [-0.3, -0.25) is 0 Å². The Balaban J connectivity index is 0.00000200. The van der Waals surface area contributed by atoms with E-state index < -0.39 is 5.97 Å². The maximum Gasteiger partial charge on any atom is 1.00 e. The molecule has 0 N–H and O–H groups in total. The van der Waals surface area contributed by atoms with Crippen LogP contribution in [0.2, 0.25) is 0 Å². The molecule has 102 valence electrons. The third kappa shape index (κ3) is 3.29. The Morgan fingerprint density at radius 1 is 1.25 bits per heavy atom. The van der Waals surface area contributed by atoms with E-state index >= 15 is 0 Å². The number of rotatable bonds is 5. The van der Waals surface area contributed by atoms with Gasteiger partial charge >= 0.3 is 29.6 Å². The van der Waals surface area contributed by atoms with Gasteiger partial charge in [-0.15, -0.1) is 0 Å². The van der Waals surface area contributed by atoms with Gasteiger partial charge in [-0.05, 0) is 13.0 Å². The van der Waals surface area contributed by atoms with Gasteiger partial charge in [0.05, 0.1) is 19.7 Å². The number of aryl methyl sites for hydroxylation is 2. The standard InChI is InChI=1S/C14H17NO4.Na/c1-9-6-11-12(15(9)5-4-14(16)17)7-10(18-2)8-13(11)19-3;/h6-8H,4-5H2,1-3H3,(H,16,17);/q;+1/p-1. The number of nitrogens with zero attached hydrogens (tertiary/aromatic N) is 1. The molecule has 6 heteroatoms. The maximum atomic E-state index is 10.6. The average Bonchev–Trinajstić information content (AvgIpc) is 2.70. The largest absolute Gasteiger partial charge is 1.00 e. The molecule has 0 aliphatic rings. The number of carbonyl (C=O) groups is 1. The van der Waals surface area contributed by atoms with Crippen LogP contribution in [0.4, 0.5) is 0 Å². The molecule has 0 spiro atoms. The molecule has 2 aromatic rings. The molecule has 5 nitrogen and oxygen atoms in total. The fraction of sp³-hybridized carbons (Fsp3) is 0.357. The zero-order valence-electron chi connectivity index (χ0n) is 12.2. The quantitative estimate of drug-likeness (QED) is 0.603. The Bertz CT molecular complexity index is 621. The summed E-state index contributed by atoms with van der Waals surface area (Å²) in [5, 5.41) is 11.6. The molecule has 0 aliphatic heterocycles. The minimum Gasteiger partial charge on any atom is -0.550 e. The predicted octanol–water partition coefficient (Wildman–Crippen LogP) is -1.89. The second kappa shape index (κ2) is 7.02. The van der Waals surface area contributed by atoms with E-state index in [-0.39, 0.29) is 36.0 Å². The zero-order chi connectivity index (χ0) is 14.0. The number of ether oxygens (including phenoxy) is 2. The number of aromatic nitrogens is 1. The molecular weight excluding hydrogens is 269 g/mol. The molecule has 1 heterocycles. The average molecular weight is 285 g/mol. The van der Waals surface area contributed by atoms with Crippen LogP contribution in [0.15, 0.2) is 18.2 Å². The van der Waals surface area contributed by atoms with Gasteiger partial charge in [0.2, 0.25) is 0 Å². The summed E-state index contributed by atoms with van der Waals surface area (Å²) in [6.07, 6.45) is -0.0237. The molecule has 0 saturated carbocycles. The van der Waals surface area contributed by atoms with Gasteiger partial charge in [-0.1, -0.05) is 0 Å². The summed E-state index contributed by atoms with van der Waals surface area (Å²) < 4.78 is 12.5. The third-order valence-corrected chi connectivity index (χ3v) is 3.16. The Labute approximate surface area is 139 Å². The summed E-state index contributed by atoms with van der Waals surface area (Å²) in [6.45, 7) is 2.30. The normalized spacial score (nSPS) is 10.2. The third-order valence-electron chi connectivity index (χ3n) is 3.16. The number of fused-ring (bicyclic) bond motifs is 1. The summed E-state index contributed by atoms with van der Waals surface area (Å²) in [5.74, 6) is 0.331. The molecule has 0 aliphatic carbocycles. The predicted molar refractivity (Wildman–Crippen MR) is 69.4 cm³/mol. The van der Waals surface area contributed by atoms with Crippen molar-refractivity contribution < 1.29 is 48.9 Å². The number of carboxylic acids is 1. The van der Waals surface area contributed by atoms with Crippen LogP contribution in [-0.2, 0) is 11.3 Å². The van der Waals surface area contributed by atoms with E-state index in [0.717, 1.165) is 16.6 Å². The van der Waals surface area contributed by atoms with Crippen molar-refractivity contribution in [2.45, 2.75) is 19.9 Å². The summed E-state index contributed by atoms with van der Waals surface area (Å²) in [4.78, 5) is 10.6. The minimum atomic E-state index is -1.06. The van der Waals surface area contributed by atoms with Gasteiger partial charge in [-0.25, -0.2) is 0 Å². The molecular formula is C14H16NNaO4. The first-order valence-corrected chi connectivity index (χ1v) is 5.98. The first kappa shape index (κ1) is 16.9. The van der Waals surface area contributed by atoms with Gasteiger partial charge in [0.1, 0.15) is 11.5 Å². The molecule has 2 rings (SSSR count). The van der Waals surface area contributed by atoms with E-state index in [2.05, 4.69) is 0 Å². The Kier molecular flexibility index (Phi) is 5.92. The van der Waals surface area contributed by atoms with Crippen molar-refractivity contribution in [3.8, 4) is 11.5 Å². The van der Waals surface area contributed by atoms with Crippen molar-refractivity contribution in [3.63, 3.8) is 0 Å². The number of benzene rings is 1. The van der Waals surface area contributed by atoms with E-state index in [1.807, 2.05) is 29.7 Å². The molecule has 1 aromatic heterocycles. The zero-order valence-corrected chi connectivity index (χ0v) is 14.2. The number of aliphatic carboxylic acids is 1. The molecule has 0 saturated heterocycles. The minimum absolute atomic E-state index is 0. The fourth-order valence-electron chi connectivity index (χ4n) is 2.22. The van der Waals surface area contributed by atoms with Crippen LogP contribution < -0.4 is 44.1 Å². The second-order valence-electron chi connectivity index (χ2n) is 4.32. The molecule has 0 bridgehead atoms. The van der Waals surface area contributed by atoms with Crippen LogP contribution in [0.5, 0.6) is 11.5 Å². The number of carbonyl (C=O) groups excluding carboxylic acids is 1. The van der Waals surface area contributed by atoms with Crippen molar-refractivity contribution in [3.05, 3.63) is 23.9 Å². The monoisotopic (exact) mass is 285 g/mol. The van der Waals surface area contributed by atoms with Gasteiger partial charge in [0.15, 0.2) is 0 Å². The van der Waals surface area contributed by atoms with Crippen molar-refractivity contribution in [2.24, 2.45) is 0 Å². The van der Waals surface area contributed by atoms with Crippen molar-refractivity contribution in [1.29, 1.82) is 0 Å². The van der Waals surface area contributed by atoms with E-state index in [9.17, 15) is 9.90 Å². The SMILES string of the molecule is COc1cc(OC)c2cc(C)n(CCC(=O)[O-])c2c1.[Na+]. The van der Waals surface area contributed by atoms with Crippen LogP contribution in [0, 0.1) is 6.92 Å². The summed E-state index contributed by atoms with van der Waals surface area (Å²) in [5.41, 5.74) is 1.87. The maximum absolute atomic E-state index is 10.6. The van der Waals surface area contributed by atoms with Gasteiger partial charge in [0.25, 0.3) is 0 Å². The van der Waals surface area contributed by atoms with E-state index in [4.69, 9.17) is 9.47 Å².